The maximum atomic E-state index is 10.5. The molecule has 3 fully saturated rings. The maximum absolute atomic E-state index is 10.5. The molecule has 3 nitrogen and oxygen atoms in total. The van der Waals surface area contributed by atoms with Gasteiger partial charge in [0.1, 0.15) is 0 Å². The van der Waals surface area contributed by atoms with Crippen molar-refractivity contribution in [3.8, 4) is 0 Å². The molecule has 3 saturated carbocycles. The first-order valence-electron chi connectivity index (χ1n) is 9.48. The topological polar surface area (TPSA) is 49.7 Å². The molecule has 2 N–H and O–H groups in total. The Morgan fingerprint density at radius 3 is 2.65 bits per heavy atom. The molecule has 0 radical (unpaired) electrons. The zero-order valence-electron chi connectivity index (χ0n) is 14.8. The molecule has 0 amide bonds. The van der Waals surface area contributed by atoms with Gasteiger partial charge in [-0.3, -0.25) is 0 Å². The van der Waals surface area contributed by atoms with Crippen molar-refractivity contribution in [2.45, 2.75) is 77.1 Å². The number of allylic oxidation sites excluding steroid dienone is 1. The van der Waals surface area contributed by atoms with E-state index in [1.165, 1.54) is 18.4 Å². The summed E-state index contributed by atoms with van der Waals surface area (Å²) in [6.45, 7) is 4.80. The Kier molecular flexibility index (Phi) is 3.72. The fourth-order valence-corrected chi connectivity index (χ4v) is 7.04. The molecule has 8 unspecified atom stereocenters. The summed E-state index contributed by atoms with van der Waals surface area (Å²) in [5.41, 5.74) is 1.92. The average molecular weight is 320 g/mol. The Bertz CT molecular complexity index is 515. The van der Waals surface area contributed by atoms with Crippen molar-refractivity contribution in [2.75, 3.05) is 7.11 Å². The quantitative estimate of drug-likeness (QED) is 0.729. The van der Waals surface area contributed by atoms with Crippen molar-refractivity contribution in [1.82, 2.24) is 0 Å². The highest BCUT2D eigenvalue weighted by Crippen LogP contribution is 2.65. The molecule has 23 heavy (non-hydrogen) atoms. The lowest BCUT2D eigenvalue weighted by Gasteiger charge is -2.57. The normalized spacial score (nSPS) is 55.6. The van der Waals surface area contributed by atoms with Gasteiger partial charge in [-0.05, 0) is 73.5 Å². The summed E-state index contributed by atoms with van der Waals surface area (Å²) >= 11 is 0. The predicted octanol–water partition coefficient (Wildman–Crippen LogP) is 3.30. The molecular formula is C20H32O3. The Balaban J connectivity index is 1.67. The van der Waals surface area contributed by atoms with Crippen LogP contribution in [0.4, 0.5) is 0 Å². The van der Waals surface area contributed by atoms with Crippen molar-refractivity contribution in [1.29, 1.82) is 0 Å². The number of hydrogen-bond acceptors (Lipinski definition) is 3. The molecule has 3 heteroatoms. The second-order valence-corrected chi connectivity index (χ2v) is 9.16. The summed E-state index contributed by atoms with van der Waals surface area (Å²) in [6.07, 6.45) is 9.40. The van der Waals surface area contributed by atoms with E-state index < -0.39 is 0 Å². The highest BCUT2D eigenvalue weighted by Gasteiger charge is 2.61. The van der Waals surface area contributed by atoms with Gasteiger partial charge in [0.2, 0.25) is 0 Å². The monoisotopic (exact) mass is 320 g/mol. The second kappa shape index (κ2) is 5.31. The summed E-state index contributed by atoms with van der Waals surface area (Å²) in [5.74, 6) is 1.96. The van der Waals surface area contributed by atoms with Crippen molar-refractivity contribution in [2.24, 2.45) is 28.6 Å². The molecule has 4 aliphatic carbocycles. The van der Waals surface area contributed by atoms with Gasteiger partial charge in [0, 0.05) is 7.11 Å². The van der Waals surface area contributed by atoms with E-state index in [-0.39, 0.29) is 29.1 Å². The lowest BCUT2D eigenvalue weighted by molar-refractivity contribution is -0.0964. The second-order valence-electron chi connectivity index (χ2n) is 9.16. The number of hydrogen-bond donors (Lipinski definition) is 2. The number of rotatable bonds is 1. The number of aliphatic hydroxyl groups excluding tert-OH is 2. The van der Waals surface area contributed by atoms with Crippen LogP contribution in [-0.4, -0.2) is 35.6 Å². The third-order valence-corrected chi connectivity index (χ3v) is 8.26. The first-order valence-corrected chi connectivity index (χ1v) is 9.48. The van der Waals surface area contributed by atoms with Crippen LogP contribution >= 0.6 is 0 Å². The van der Waals surface area contributed by atoms with E-state index >= 15 is 0 Å². The molecule has 4 aliphatic rings. The lowest BCUT2D eigenvalue weighted by Crippen LogP contribution is -2.51. The minimum atomic E-state index is -0.305. The molecule has 4 rings (SSSR count). The molecule has 0 saturated heterocycles. The Morgan fingerprint density at radius 2 is 1.91 bits per heavy atom. The minimum absolute atomic E-state index is 0.000175. The lowest BCUT2D eigenvalue weighted by atomic mass is 9.48. The highest BCUT2D eigenvalue weighted by atomic mass is 16.5. The highest BCUT2D eigenvalue weighted by molar-refractivity contribution is 5.25. The van der Waals surface area contributed by atoms with Gasteiger partial charge in [-0.2, -0.15) is 0 Å². The van der Waals surface area contributed by atoms with E-state index in [4.69, 9.17) is 4.74 Å². The molecule has 0 bridgehead atoms. The molecule has 0 aromatic heterocycles. The SMILES string of the molecule is COC1C(O)CC2C3CC=C4CC(O)CCC4(C)C3CCC21C. The molecule has 0 aromatic rings. The standard InChI is InChI=1S/C20H32O3/c1-19-8-6-13(21)10-12(19)4-5-14-15(19)7-9-20(2)16(14)11-17(22)18(20)23-3/h4,13-18,21-22H,5-11H2,1-3H3. The van der Waals surface area contributed by atoms with Crippen molar-refractivity contribution >= 4 is 0 Å². The van der Waals surface area contributed by atoms with Crippen molar-refractivity contribution < 1.29 is 14.9 Å². The van der Waals surface area contributed by atoms with Crippen LogP contribution < -0.4 is 0 Å². The summed E-state index contributed by atoms with van der Waals surface area (Å²) in [7, 11) is 1.76. The molecule has 0 aliphatic heterocycles. The molecule has 0 heterocycles. The van der Waals surface area contributed by atoms with E-state index in [0.29, 0.717) is 11.8 Å². The zero-order valence-corrected chi connectivity index (χ0v) is 14.8. The van der Waals surface area contributed by atoms with Gasteiger partial charge in [0.05, 0.1) is 18.3 Å². The summed E-state index contributed by atoms with van der Waals surface area (Å²) in [5, 5.41) is 20.6. The van der Waals surface area contributed by atoms with E-state index in [1.54, 1.807) is 7.11 Å². The van der Waals surface area contributed by atoms with Gasteiger partial charge in [-0.1, -0.05) is 25.5 Å². The number of aliphatic hydroxyl groups is 2. The van der Waals surface area contributed by atoms with Crippen LogP contribution in [0.3, 0.4) is 0 Å². The van der Waals surface area contributed by atoms with Crippen LogP contribution in [0.1, 0.15) is 58.8 Å². The smallest absolute Gasteiger partial charge is 0.0886 e. The molecule has 0 spiro atoms. The van der Waals surface area contributed by atoms with Gasteiger partial charge in [0.15, 0.2) is 0 Å². The van der Waals surface area contributed by atoms with Crippen LogP contribution in [0.5, 0.6) is 0 Å². The average Bonchev–Trinajstić information content (AvgIpc) is 2.77. The van der Waals surface area contributed by atoms with Crippen LogP contribution in [0.15, 0.2) is 11.6 Å². The van der Waals surface area contributed by atoms with E-state index in [2.05, 4.69) is 19.9 Å². The van der Waals surface area contributed by atoms with E-state index in [1.807, 2.05) is 0 Å². The third kappa shape index (κ3) is 2.12. The third-order valence-electron chi connectivity index (χ3n) is 8.26. The van der Waals surface area contributed by atoms with Gasteiger partial charge >= 0.3 is 0 Å². The van der Waals surface area contributed by atoms with Gasteiger partial charge in [-0.15, -0.1) is 0 Å². The minimum Gasteiger partial charge on any atom is -0.393 e. The maximum Gasteiger partial charge on any atom is 0.0886 e. The number of fused-ring (bicyclic) bond motifs is 5. The van der Waals surface area contributed by atoms with Crippen LogP contribution in [0, 0.1) is 28.6 Å². The fraction of sp³-hybridized carbons (Fsp3) is 0.900. The zero-order chi connectivity index (χ0) is 16.4. The Labute approximate surface area is 140 Å². The fourth-order valence-electron chi connectivity index (χ4n) is 7.04. The largest absolute Gasteiger partial charge is 0.393 e. The van der Waals surface area contributed by atoms with Gasteiger partial charge < -0.3 is 14.9 Å². The number of methoxy groups -OCH3 is 1. The molecule has 8 atom stereocenters. The van der Waals surface area contributed by atoms with Crippen LogP contribution in [0.25, 0.3) is 0 Å². The van der Waals surface area contributed by atoms with Crippen LogP contribution in [-0.2, 0) is 4.74 Å². The number of ether oxygens (including phenoxy) is 1. The van der Waals surface area contributed by atoms with E-state index in [9.17, 15) is 10.2 Å². The molecule has 130 valence electrons. The first-order chi connectivity index (χ1) is 10.9. The van der Waals surface area contributed by atoms with E-state index in [0.717, 1.165) is 38.0 Å². The van der Waals surface area contributed by atoms with Gasteiger partial charge in [0.25, 0.3) is 0 Å². The molecule has 0 aromatic carbocycles. The van der Waals surface area contributed by atoms with Gasteiger partial charge in [-0.25, -0.2) is 0 Å². The van der Waals surface area contributed by atoms with Crippen LogP contribution in [0.2, 0.25) is 0 Å². The predicted molar refractivity (Wildman–Crippen MR) is 89.9 cm³/mol. The Hall–Kier alpha value is -0.380. The summed E-state index contributed by atoms with van der Waals surface area (Å²) < 4.78 is 5.72. The summed E-state index contributed by atoms with van der Waals surface area (Å²) in [6, 6.07) is 0. The Morgan fingerprint density at radius 1 is 1.13 bits per heavy atom. The molecular weight excluding hydrogens is 288 g/mol. The first kappa shape index (κ1) is 16.1. The van der Waals surface area contributed by atoms with Crippen molar-refractivity contribution in [3.63, 3.8) is 0 Å². The van der Waals surface area contributed by atoms with Crippen molar-refractivity contribution in [3.05, 3.63) is 11.6 Å². The summed E-state index contributed by atoms with van der Waals surface area (Å²) in [4.78, 5) is 0.